The Hall–Kier alpha value is -0.100. The van der Waals surface area contributed by atoms with E-state index in [2.05, 4.69) is 13.8 Å². The minimum Gasteiger partial charge on any atom is -0.466 e. The lowest BCUT2D eigenvalue weighted by Gasteiger charge is -2.05. The first-order valence-corrected chi connectivity index (χ1v) is 9.96. The minimum absolute atomic E-state index is 0. The van der Waals surface area contributed by atoms with Gasteiger partial charge in [0, 0.05) is 6.42 Å². The molecule has 0 N–H and O–H groups in total. The van der Waals surface area contributed by atoms with Crippen molar-refractivity contribution in [1.29, 1.82) is 0 Å². The summed E-state index contributed by atoms with van der Waals surface area (Å²) < 4.78 is 5.24. The molecule has 0 heterocycles. The van der Waals surface area contributed by atoms with Crippen LogP contribution in [-0.2, 0) is 9.53 Å². The topological polar surface area (TPSA) is 26.3 Å². The SMILES string of the molecule is CCCCCCCCCCCCCCOC(=O)CCCCC.P. The van der Waals surface area contributed by atoms with E-state index < -0.39 is 0 Å². The van der Waals surface area contributed by atoms with Gasteiger partial charge in [0.1, 0.15) is 0 Å². The van der Waals surface area contributed by atoms with Crippen molar-refractivity contribution in [2.45, 2.75) is 117 Å². The molecule has 0 aliphatic rings. The van der Waals surface area contributed by atoms with E-state index in [1.807, 2.05) is 0 Å². The Morgan fingerprint density at radius 1 is 0.609 bits per heavy atom. The van der Waals surface area contributed by atoms with Crippen molar-refractivity contribution in [2.24, 2.45) is 0 Å². The number of carbonyl (C=O) groups is 1. The lowest BCUT2D eigenvalue weighted by Crippen LogP contribution is -2.05. The molecular weight excluding hydrogens is 303 g/mol. The lowest BCUT2D eigenvalue weighted by molar-refractivity contribution is -0.143. The van der Waals surface area contributed by atoms with Crippen LogP contribution in [0.15, 0.2) is 0 Å². The number of carbonyl (C=O) groups excluding carboxylic acids is 1. The number of hydrogen-bond acceptors (Lipinski definition) is 2. The third kappa shape index (κ3) is 21.9. The Labute approximate surface area is 149 Å². The molecule has 1 atom stereocenters. The van der Waals surface area contributed by atoms with Gasteiger partial charge in [-0.2, -0.15) is 9.90 Å². The van der Waals surface area contributed by atoms with Crippen LogP contribution < -0.4 is 0 Å². The van der Waals surface area contributed by atoms with Crippen LogP contribution in [-0.4, -0.2) is 12.6 Å². The zero-order chi connectivity index (χ0) is 16.3. The van der Waals surface area contributed by atoms with Gasteiger partial charge in [0.15, 0.2) is 0 Å². The van der Waals surface area contributed by atoms with E-state index in [0.29, 0.717) is 13.0 Å². The highest BCUT2D eigenvalue weighted by Crippen LogP contribution is 2.12. The quantitative estimate of drug-likeness (QED) is 0.163. The van der Waals surface area contributed by atoms with E-state index in [1.165, 1.54) is 70.6 Å². The maximum Gasteiger partial charge on any atom is 0.305 e. The molecule has 0 aromatic heterocycles. The van der Waals surface area contributed by atoms with Crippen LogP contribution >= 0.6 is 9.90 Å². The highest BCUT2D eigenvalue weighted by Gasteiger charge is 2.01. The molecule has 0 aliphatic carbocycles. The van der Waals surface area contributed by atoms with Crippen LogP contribution in [0.25, 0.3) is 0 Å². The molecule has 0 aliphatic heterocycles. The average molecular weight is 347 g/mol. The van der Waals surface area contributed by atoms with Gasteiger partial charge in [0.05, 0.1) is 6.61 Å². The predicted molar refractivity (Wildman–Crippen MR) is 107 cm³/mol. The van der Waals surface area contributed by atoms with Crippen molar-refractivity contribution >= 4 is 15.9 Å². The van der Waals surface area contributed by atoms with E-state index in [-0.39, 0.29) is 15.9 Å². The van der Waals surface area contributed by atoms with Crippen LogP contribution in [0.2, 0.25) is 0 Å². The molecule has 0 spiro atoms. The molecule has 0 radical (unpaired) electrons. The van der Waals surface area contributed by atoms with Gasteiger partial charge in [-0.15, -0.1) is 0 Å². The molecular formula is C20H43O2P. The summed E-state index contributed by atoms with van der Waals surface area (Å²) in [4.78, 5) is 11.4. The second kappa shape index (κ2) is 21.9. The Balaban J connectivity index is 0. The monoisotopic (exact) mass is 346 g/mol. The molecule has 0 bridgehead atoms. The Bertz CT molecular complexity index is 232. The van der Waals surface area contributed by atoms with Gasteiger partial charge in [-0.1, -0.05) is 97.3 Å². The predicted octanol–water partition coefficient (Wildman–Crippen LogP) is 6.87. The van der Waals surface area contributed by atoms with Crippen molar-refractivity contribution in [2.75, 3.05) is 6.61 Å². The van der Waals surface area contributed by atoms with Crippen LogP contribution in [0.5, 0.6) is 0 Å². The van der Waals surface area contributed by atoms with Crippen LogP contribution in [0.4, 0.5) is 0 Å². The highest BCUT2D eigenvalue weighted by molar-refractivity contribution is 6.92. The van der Waals surface area contributed by atoms with E-state index in [0.717, 1.165) is 25.7 Å². The van der Waals surface area contributed by atoms with Gasteiger partial charge < -0.3 is 4.74 Å². The van der Waals surface area contributed by atoms with E-state index in [4.69, 9.17) is 4.74 Å². The molecule has 23 heavy (non-hydrogen) atoms. The molecule has 2 nitrogen and oxygen atoms in total. The van der Waals surface area contributed by atoms with Crippen LogP contribution in [0.1, 0.15) is 117 Å². The summed E-state index contributed by atoms with van der Waals surface area (Å²) >= 11 is 0. The van der Waals surface area contributed by atoms with Crippen molar-refractivity contribution in [1.82, 2.24) is 0 Å². The second-order valence-corrected chi connectivity index (χ2v) is 6.57. The van der Waals surface area contributed by atoms with E-state index >= 15 is 0 Å². The van der Waals surface area contributed by atoms with Crippen molar-refractivity contribution < 1.29 is 9.53 Å². The van der Waals surface area contributed by atoms with Gasteiger partial charge in [0.25, 0.3) is 0 Å². The third-order valence-corrected chi connectivity index (χ3v) is 4.25. The zero-order valence-corrected chi connectivity index (χ0v) is 17.5. The molecule has 0 fully saturated rings. The summed E-state index contributed by atoms with van der Waals surface area (Å²) in [7, 11) is 0. The Kier molecular flexibility index (Phi) is 23.9. The maximum atomic E-state index is 11.4. The molecule has 1 unspecified atom stereocenters. The first kappa shape index (κ1) is 25.1. The number of hydrogen-bond donors (Lipinski definition) is 0. The van der Waals surface area contributed by atoms with E-state index in [9.17, 15) is 4.79 Å². The summed E-state index contributed by atoms with van der Waals surface area (Å²) in [6.07, 6.45) is 20.0. The largest absolute Gasteiger partial charge is 0.466 e. The summed E-state index contributed by atoms with van der Waals surface area (Å²) in [6.45, 7) is 5.05. The van der Waals surface area contributed by atoms with Crippen molar-refractivity contribution in [3.05, 3.63) is 0 Å². The zero-order valence-electron chi connectivity index (χ0n) is 16.0. The Morgan fingerprint density at radius 2 is 1.00 bits per heavy atom. The van der Waals surface area contributed by atoms with Gasteiger partial charge in [-0.3, -0.25) is 4.79 Å². The first-order chi connectivity index (χ1) is 10.8. The van der Waals surface area contributed by atoms with Gasteiger partial charge in [-0.25, -0.2) is 0 Å². The first-order valence-electron chi connectivity index (χ1n) is 9.96. The van der Waals surface area contributed by atoms with Gasteiger partial charge in [0.2, 0.25) is 0 Å². The van der Waals surface area contributed by atoms with E-state index in [1.54, 1.807) is 0 Å². The average Bonchev–Trinajstić information content (AvgIpc) is 2.52. The summed E-state index contributed by atoms with van der Waals surface area (Å²) in [6, 6.07) is 0. The highest BCUT2D eigenvalue weighted by atomic mass is 31.0. The molecule has 0 aromatic carbocycles. The standard InChI is InChI=1S/C20H40O2.H3P/c1-3-5-7-8-9-10-11-12-13-14-15-17-19-22-20(21)18-16-6-4-2;/h3-19H2,1-2H3;1H3. The summed E-state index contributed by atoms with van der Waals surface area (Å²) in [5, 5.41) is 0. The normalized spacial score (nSPS) is 10.3. The number of unbranched alkanes of at least 4 members (excludes halogenated alkanes) is 13. The summed E-state index contributed by atoms with van der Waals surface area (Å²) in [5.41, 5.74) is 0. The fourth-order valence-corrected chi connectivity index (χ4v) is 2.72. The smallest absolute Gasteiger partial charge is 0.305 e. The maximum absolute atomic E-state index is 11.4. The molecule has 0 saturated carbocycles. The van der Waals surface area contributed by atoms with Crippen LogP contribution in [0, 0.1) is 0 Å². The molecule has 0 rings (SSSR count). The van der Waals surface area contributed by atoms with Crippen LogP contribution in [0.3, 0.4) is 0 Å². The Morgan fingerprint density at radius 3 is 1.48 bits per heavy atom. The number of rotatable bonds is 17. The second-order valence-electron chi connectivity index (χ2n) is 6.57. The lowest BCUT2D eigenvalue weighted by atomic mass is 10.1. The fraction of sp³-hybridized carbons (Fsp3) is 0.950. The van der Waals surface area contributed by atoms with Gasteiger partial charge in [-0.05, 0) is 12.8 Å². The molecule has 0 saturated heterocycles. The third-order valence-electron chi connectivity index (χ3n) is 4.25. The molecule has 0 aromatic rings. The number of ether oxygens (including phenoxy) is 1. The number of esters is 1. The molecule has 140 valence electrons. The fourth-order valence-electron chi connectivity index (χ4n) is 2.72. The van der Waals surface area contributed by atoms with Gasteiger partial charge >= 0.3 is 5.97 Å². The minimum atomic E-state index is -0.00322. The van der Waals surface area contributed by atoms with Crippen molar-refractivity contribution in [3.8, 4) is 0 Å². The van der Waals surface area contributed by atoms with Crippen molar-refractivity contribution in [3.63, 3.8) is 0 Å². The summed E-state index contributed by atoms with van der Waals surface area (Å²) in [5.74, 6) is -0.00322. The molecule has 0 amide bonds. The molecule has 3 heteroatoms.